The van der Waals surface area contributed by atoms with Gasteiger partial charge in [-0.2, -0.15) is 31.4 Å². The van der Waals surface area contributed by atoms with E-state index in [1.165, 1.54) is 29.8 Å². The number of anilines is 1. The number of nitrogens with one attached hydrogen (secondary N) is 1. The van der Waals surface area contributed by atoms with E-state index in [1.807, 2.05) is 24.3 Å². The van der Waals surface area contributed by atoms with Gasteiger partial charge < -0.3 is 5.32 Å². The van der Waals surface area contributed by atoms with Crippen molar-refractivity contribution in [3.63, 3.8) is 0 Å². The van der Waals surface area contributed by atoms with Crippen molar-refractivity contribution in [2.75, 3.05) is 5.32 Å². The van der Waals surface area contributed by atoms with E-state index in [-0.39, 0.29) is 28.3 Å². The number of aryl methyl sites for hydroxylation is 1. The lowest BCUT2D eigenvalue weighted by Crippen LogP contribution is -2.28. The number of rotatable bonds is 3. The van der Waals surface area contributed by atoms with E-state index in [4.69, 9.17) is 0 Å². The van der Waals surface area contributed by atoms with Crippen molar-refractivity contribution in [3.8, 4) is 5.69 Å². The van der Waals surface area contributed by atoms with E-state index in [2.05, 4.69) is 10.4 Å². The third-order valence-corrected chi connectivity index (χ3v) is 5.39. The largest absolute Gasteiger partial charge is 0.435 e. The van der Waals surface area contributed by atoms with Gasteiger partial charge >= 0.3 is 12.4 Å². The second kappa shape index (κ2) is 7.99. The number of halogens is 6. The zero-order chi connectivity index (χ0) is 23.1. The standard InChI is InChI=1S/C22H17F6N3O/c23-21(24,25)18-12-19(22(26,27)28)31(30-18)17-9-7-16(8-10-17)29-20(32)15-6-5-13-3-1-2-4-14(13)11-15/h1-4,7-10,12,15H,5-6,11H2,(H,29,32). The summed E-state index contributed by atoms with van der Waals surface area (Å²) in [5.74, 6) is -0.469. The highest BCUT2D eigenvalue weighted by molar-refractivity contribution is 5.93. The number of benzene rings is 2. The monoisotopic (exact) mass is 453 g/mol. The molecule has 2 aromatic carbocycles. The Morgan fingerprint density at radius 2 is 1.59 bits per heavy atom. The Morgan fingerprint density at radius 1 is 0.938 bits per heavy atom. The molecule has 0 fully saturated rings. The van der Waals surface area contributed by atoms with Crippen LogP contribution < -0.4 is 5.32 Å². The van der Waals surface area contributed by atoms with Crippen molar-refractivity contribution in [1.29, 1.82) is 0 Å². The molecule has 1 amide bonds. The van der Waals surface area contributed by atoms with Gasteiger partial charge in [-0.15, -0.1) is 0 Å². The first kappa shape index (κ1) is 21.9. The maximum Gasteiger partial charge on any atom is 0.435 e. The van der Waals surface area contributed by atoms with Crippen LogP contribution >= 0.6 is 0 Å². The Balaban J connectivity index is 1.52. The smallest absolute Gasteiger partial charge is 0.326 e. The molecule has 32 heavy (non-hydrogen) atoms. The fourth-order valence-electron chi connectivity index (χ4n) is 3.77. The molecule has 0 spiro atoms. The second-order valence-electron chi connectivity index (χ2n) is 7.57. The number of aromatic nitrogens is 2. The van der Waals surface area contributed by atoms with Gasteiger partial charge in [-0.1, -0.05) is 24.3 Å². The van der Waals surface area contributed by atoms with Crippen LogP contribution in [-0.4, -0.2) is 15.7 Å². The highest BCUT2D eigenvalue weighted by atomic mass is 19.4. The van der Waals surface area contributed by atoms with Crippen LogP contribution in [0.5, 0.6) is 0 Å². The van der Waals surface area contributed by atoms with Crippen molar-refractivity contribution in [2.45, 2.75) is 31.6 Å². The van der Waals surface area contributed by atoms with Crippen LogP contribution in [0.3, 0.4) is 0 Å². The predicted octanol–water partition coefficient (Wildman–Crippen LogP) is 5.65. The average Bonchev–Trinajstić information content (AvgIpc) is 3.21. The molecule has 1 unspecified atom stereocenters. The van der Waals surface area contributed by atoms with Gasteiger partial charge in [-0.3, -0.25) is 4.79 Å². The van der Waals surface area contributed by atoms with Crippen molar-refractivity contribution in [1.82, 2.24) is 9.78 Å². The number of hydrogen-bond acceptors (Lipinski definition) is 2. The molecule has 10 heteroatoms. The number of hydrogen-bond donors (Lipinski definition) is 1. The molecule has 1 N–H and O–H groups in total. The summed E-state index contributed by atoms with van der Waals surface area (Å²) in [6.45, 7) is 0. The van der Waals surface area contributed by atoms with Crippen molar-refractivity contribution < 1.29 is 31.1 Å². The zero-order valence-corrected chi connectivity index (χ0v) is 16.5. The van der Waals surface area contributed by atoms with E-state index < -0.39 is 23.7 Å². The zero-order valence-electron chi connectivity index (χ0n) is 16.5. The number of amides is 1. The average molecular weight is 453 g/mol. The van der Waals surface area contributed by atoms with E-state index >= 15 is 0 Å². The van der Waals surface area contributed by atoms with Gasteiger partial charge in [0.05, 0.1) is 5.69 Å². The lowest BCUT2D eigenvalue weighted by molar-refractivity contribution is -0.143. The molecular formula is C22H17F6N3O. The summed E-state index contributed by atoms with van der Waals surface area (Å²) in [4.78, 5) is 12.6. The third kappa shape index (κ3) is 4.49. The topological polar surface area (TPSA) is 46.9 Å². The first-order valence-electron chi connectivity index (χ1n) is 9.75. The predicted molar refractivity (Wildman–Crippen MR) is 104 cm³/mol. The van der Waals surface area contributed by atoms with Crippen molar-refractivity contribution >= 4 is 11.6 Å². The normalized spacial score (nSPS) is 16.5. The number of carbonyl (C=O) groups is 1. The molecule has 168 valence electrons. The SMILES string of the molecule is O=C(Nc1ccc(-n2nc(C(F)(F)F)cc2C(F)(F)F)cc1)C1CCc2ccccc2C1. The van der Waals surface area contributed by atoms with Gasteiger partial charge in [0.2, 0.25) is 5.91 Å². The van der Waals surface area contributed by atoms with Gasteiger partial charge in [0.25, 0.3) is 0 Å². The first-order chi connectivity index (χ1) is 15.0. The summed E-state index contributed by atoms with van der Waals surface area (Å²) in [7, 11) is 0. The molecule has 0 saturated carbocycles. The Hall–Kier alpha value is -3.30. The summed E-state index contributed by atoms with van der Waals surface area (Å²) in [5, 5.41) is 5.81. The Bertz CT molecular complexity index is 1130. The van der Waals surface area contributed by atoms with E-state index in [9.17, 15) is 31.1 Å². The minimum atomic E-state index is -5.03. The maximum atomic E-state index is 13.2. The number of nitrogens with zero attached hydrogens (tertiary/aromatic N) is 2. The number of carbonyl (C=O) groups excluding carboxylic acids is 1. The number of fused-ring (bicyclic) bond motifs is 1. The first-order valence-corrected chi connectivity index (χ1v) is 9.75. The highest BCUT2D eigenvalue weighted by Crippen LogP contribution is 2.36. The Morgan fingerprint density at radius 3 is 2.22 bits per heavy atom. The molecule has 1 aliphatic rings. The molecular weight excluding hydrogens is 436 g/mol. The van der Waals surface area contributed by atoms with Gasteiger partial charge in [0, 0.05) is 17.7 Å². The van der Waals surface area contributed by atoms with Crippen molar-refractivity contribution in [3.05, 3.63) is 77.1 Å². The summed E-state index contributed by atoms with van der Waals surface area (Å²) >= 11 is 0. The van der Waals surface area contributed by atoms with Crippen LogP contribution in [-0.2, 0) is 30.0 Å². The summed E-state index contributed by atoms with van der Waals surface area (Å²) in [5.41, 5.74) is -0.749. The lowest BCUT2D eigenvalue weighted by atomic mass is 9.83. The van der Waals surface area contributed by atoms with E-state index in [0.29, 0.717) is 18.5 Å². The minimum absolute atomic E-state index is 0.0311. The molecule has 4 rings (SSSR count). The maximum absolute atomic E-state index is 13.2. The molecule has 0 radical (unpaired) electrons. The van der Waals surface area contributed by atoms with Gasteiger partial charge in [0.15, 0.2) is 5.69 Å². The Kier molecular flexibility index (Phi) is 5.47. The van der Waals surface area contributed by atoms with Crippen LogP contribution in [0.15, 0.2) is 54.6 Å². The third-order valence-electron chi connectivity index (χ3n) is 5.39. The molecule has 1 aliphatic carbocycles. The van der Waals surface area contributed by atoms with Crippen LogP contribution in [0.1, 0.15) is 28.9 Å². The van der Waals surface area contributed by atoms with Crippen LogP contribution in [0.2, 0.25) is 0 Å². The van der Waals surface area contributed by atoms with E-state index in [1.54, 1.807) is 0 Å². The second-order valence-corrected chi connectivity index (χ2v) is 7.57. The van der Waals surface area contributed by atoms with Gasteiger partial charge in [-0.25, -0.2) is 4.68 Å². The quantitative estimate of drug-likeness (QED) is 0.521. The van der Waals surface area contributed by atoms with Crippen molar-refractivity contribution in [2.24, 2.45) is 5.92 Å². The fourth-order valence-corrected chi connectivity index (χ4v) is 3.77. The van der Waals surface area contributed by atoms with Gasteiger partial charge in [0.1, 0.15) is 5.69 Å². The van der Waals surface area contributed by atoms with Crippen LogP contribution in [0.4, 0.5) is 32.0 Å². The molecule has 0 aliphatic heterocycles. The lowest BCUT2D eigenvalue weighted by Gasteiger charge is -2.23. The van der Waals surface area contributed by atoms with E-state index in [0.717, 1.165) is 12.0 Å². The minimum Gasteiger partial charge on any atom is -0.326 e. The summed E-state index contributed by atoms with van der Waals surface area (Å²) < 4.78 is 78.5. The molecule has 1 atom stereocenters. The molecule has 0 saturated heterocycles. The fraction of sp³-hybridized carbons (Fsp3) is 0.273. The molecule has 0 bridgehead atoms. The molecule has 1 aromatic heterocycles. The van der Waals surface area contributed by atoms with Crippen LogP contribution in [0, 0.1) is 5.92 Å². The Labute approximate surface area is 178 Å². The van der Waals surface area contributed by atoms with Gasteiger partial charge in [-0.05, 0) is 54.7 Å². The number of alkyl halides is 6. The molecule has 4 nitrogen and oxygen atoms in total. The molecule has 1 heterocycles. The summed E-state index contributed by atoms with van der Waals surface area (Å²) in [6.07, 6.45) is -8.02. The van der Waals surface area contributed by atoms with Crippen LogP contribution in [0.25, 0.3) is 5.69 Å². The molecule has 3 aromatic rings. The summed E-state index contributed by atoms with van der Waals surface area (Å²) in [6, 6.07) is 12.8. The highest BCUT2D eigenvalue weighted by Gasteiger charge is 2.42.